The summed E-state index contributed by atoms with van der Waals surface area (Å²) >= 11 is 1.62. The summed E-state index contributed by atoms with van der Waals surface area (Å²) in [7, 11) is 0. The number of carbonyl (C=O) groups excluding carboxylic acids is 1. The molecule has 8 nitrogen and oxygen atoms in total. The number of hydrogen-bond acceptors (Lipinski definition) is 8. The van der Waals surface area contributed by atoms with Crippen LogP contribution in [0.15, 0.2) is 29.9 Å². The molecular formula is C26H31F3N6O2S. The van der Waals surface area contributed by atoms with Crippen LogP contribution in [0.25, 0.3) is 10.9 Å². The van der Waals surface area contributed by atoms with Gasteiger partial charge in [-0.2, -0.15) is 13.2 Å². The van der Waals surface area contributed by atoms with Gasteiger partial charge in [0.15, 0.2) is 0 Å². The van der Waals surface area contributed by atoms with Gasteiger partial charge < -0.3 is 15.7 Å². The SMILES string of the molecule is CC(C)c1nc(NCC(=O)NC2CN(C3(c4cncs4)CCC(O)CC3)C2)c2cc(C(F)(F)F)ccc2n1. The van der Waals surface area contributed by atoms with Crippen molar-refractivity contribution in [1.82, 2.24) is 25.2 Å². The Balaban J connectivity index is 1.24. The molecule has 3 N–H and O–H groups in total. The lowest BCUT2D eigenvalue weighted by atomic mass is 9.76. The number of alkyl halides is 3. The van der Waals surface area contributed by atoms with E-state index in [2.05, 4.69) is 30.5 Å². The second-order valence-corrected chi connectivity index (χ2v) is 11.4. The van der Waals surface area contributed by atoms with E-state index in [-0.39, 0.29) is 47.3 Å². The smallest absolute Gasteiger partial charge is 0.393 e. The predicted octanol–water partition coefficient (Wildman–Crippen LogP) is 4.27. The van der Waals surface area contributed by atoms with Crippen LogP contribution in [0, 0.1) is 0 Å². The van der Waals surface area contributed by atoms with E-state index in [4.69, 9.17) is 0 Å². The van der Waals surface area contributed by atoms with E-state index < -0.39 is 11.7 Å². The quantitative estimate of drug-likeness (QED) is 0.405. The number of halogens is 3. The molecule has 1 saturated carbocycles. The average molecular weight is 549 g/mol. The van der Waals surface area contributed by atoms with Crippen molar-refractivity contribution < 1.29 is 23.1 Å². The number of benzene rings is 1. The molecule has 1 aliphatic heterocycles. The Morgan fingerprint density at radius 2 is 1.97 bits per heavy atom. The van der Waals surface area contributed by atoms with Crippen molar-refractivity contribution in [2.75, 3.05) is 25.0 Å². The molecule has 1 aliphatic carbocycles. The average Bonchev–Trinajstić information content (AvgIpc) is 3.40. The van der Waals surface area contributed by atoms with E-state index in [9.17, 15) is 23.1 Å². The zero-order valence-electron chi connectivity index (χ0n) is 21.3. The lowest BCUT2D eigenvalue weighted by Gasteiger charge is -2.54. The Morgan fingerprint density at radius 3 is 2.61 bits per heavy atom. The Morgan fingerprint density at radius 1 is 1.24 bits per heavy atom. The predicted molar refractivity (Wildman–Crippen MR) is 139 cm³/mol. The third kappa shape index (κ3) is 5.34. The van der Waals surface area contributed by atoms with Crippen molar-refractivity contribution in [2.24, 2.45) is 0 Å². The molecule has 5 rings (SSSR count). The molecular weight excluding hydrogens is 517 g/mol. The van der Waals surface area contributed by atoms with Gasteiger partial charge in [0, 0.05) is 35.5 Å². The number of carbonyl (C=O) groups is 1. The fourth-order valence-electron chi connectivity index (χ4n) is 5.32. The number of nitrogens with one attached hydrogen (secondary N) is 2. The minimum absolute atomic E-state index is 0.0360. The Bertz CT molecular complexity index is 1290. The maximum Gasteiger partial charge on any atom is 0.416 e. The molecule has 1 amide bonds. The van der Waals surface area contributed by atoms with E-state index >= 15 is 0 Å². The van der Waals surface area contributed by atoms with Crippen molar-refractivity contribution >= 4 is 34.0 Å². The third-order valence-corrected chi connectivity index (χ3v) is 8.46. The van der Waals surface area contributed by atoms with Gasteiger partial charge in [-0.3, -0.25) is 14.7 Å². The summed E-state index contributed by atoms with van der Waals surface area (Å²) in [4.78, 5) is 29.4. The standard InChI is InChI=1S/C26H31F3N6O2S/c1-15(2)23-33-20-4-3-16(26(27,28)29)9-19(20)24(34-23)31-11-22(37)32-17-12-35(13-17)25(21-10-30-14-38-21)7-5-18(36)6-8-25/h3-4,9-10,14-15,17-18,36H,5-8,11-13H2,1-2H3,(H,32,37)(H,31,33,34). The summed E-state index contributed by atoms with van der Waals surface area (Å²) in [5, 5.41) is 16.2. The van der Waals surface area contributed by atoms with Crippen LogP contribution < -0.4 is 10.6 Å². The van der Waals surface area contributed by atoms with Crippen LogP contribution >= 0.6 is 11.3 Å². The van der Waals surface area contributed by atoms with Crippen LogP contribution in [0.5, 0.6) is 0 Å². The fourth-order valence-corrected chi connectivity index (χ4v) is 6.23. The Hall–Kier alpha value is -2.83. The van der Waals surface area contributed by atoms with Crippen LogP contribution in [-0.4, -0.2) is 62.6 Å². The number of anilines is 1. The van der Waals surface area contributed by atoms with Gasteiger partial charge in [0.05, 0.1) is 40.8 Å². The molecule has 2 aromatic heterocycles. The number of rotatable bonds is 7. The molecule has 0 radical (unpaired) electrons. The number of thiazole rings is 1. The molecule has 38 heavy (non-hydrogen) atoms. The van der Waals surface area contributed by atoms with Crippen molar-refractivity contribution in [3.8, 4) is 0 Å². The second kappa shape index (κ2) is 10.4. The highest BCUT2D eigenvalue weighted by atomic mass is 32.1. The summed E-state index contributed by atoms with van der Waals surface area (Å²) in [5.41, 5.74) is 1.26. The van der Waals surface area contributed by atoms with E-state index in [1.807, 2.05) is 25.6 Å². The fraction of sp³-hybridized carbons (Fsp3) is 0.538. The molecule has 2 fully saturated rings. The van der Waals surface area contributed by atoms with Crippen LogP contribution in [0.1, 0.15) is 61.7 Å². The highest BCUT2D eigenvalue weighted by Gasteiger charge is 2.47. The lowest BCUT2D eigenvalue weighted by molar-refractivity contribution is -0.137. The molecule has 0 spiro atoms. The van der Waals surface area contributed by atoms with E-state index in [1.165, 1.54) is 10.9 Å². The minimum Gasteiger partial charge on any atom is -0.393 e. The number of hydrogen-bond donors (Lipinski definition) is 3. The largest absolute Gasteiger partial charge is 0.416 e. The maximum absolute atomic E-state index is 13.3. The molecule has 3 heterocycles. The van der Waals surface area contributed by atoms with Gasteiger partial charge >= 0.3 is 6.18 Å². The van der Waals surface area contributed by atoms with Gasteiger partial charge in [-0.25, -0.2) is 9.97 Å². The first-order chi connectivity index (χ1) is 18.0. The molecule has 1 saturated heterocycles. The molecule has 3 aromatic rings. The molecule has 12 heteroatoms. The highest BCUT2D eigenvalue weighted by molar-refractivity contribution is 7.09. The van der Waals surface area contributed by atoms with Crippen molar-refractivity contribution in [3.63, 3.8) is 0 Å². The second-order valence-electron chi connectivity index (χ2n) is 10.5. The topological polar surface area (TPSA) is 103 Å². The lowest BCUT2D eigenvalue weighted by Crippen LogP contribution is -2.66. The first kappa shape index (κ1) is 26.8. The number of aliphatic hydroxyl groups excluding tert-OH is 1. The van der Waals surface area contributed by atoms with Crippen LogP contribution in [0.2, 0.25) is 0 Å². The molecule has 2 aliphatic rings. The number of fused-ring (bicyclic) bond motifs is 1. The summed E-state index contributed by atoms with van der Waals surface area (Å²) in [5.74, 6) is 0.398. The summed E-state index contributed by atoms with van der Waals surface area (Å²) < 4.78 is 39.9. The first-order valence-corrected chi connectivity index (χ1v) is 13.7. The van der Waals surface area contributed by atoms with Crippen LogP contribution in [0.4, 0.5) is 19.0 Å². The number of aliphatic hydroxyl groups is 1. The zero-order chi connectivity index (χ0) is 27.1. The monoisotopic (exact) mass is 548 g/mol. The van der Waals surface area contributed by atoms with Gasteiger partial charge in [-0.15, -0.1) is 11.3 Å². The van der Waals surface area contributed by atoms with E-state index in [1.54, 1.807) is 11.3 Å². The molecule has 0 unspecified atom stereocenters. The molecule has 0 bridgehead atoms. The van der Waals surface area contributed by atoms with Gasteiger partial charge in [0.25, 0.3) is 0 Å². The molecule has 204 valence electrons. The maximum atomic E-state index is 13.3. The Kier molecular flexibility index (Phi) is 7.31. The summed E-state index contributed by atoms with van der Waals surface area (Å²) in [6.07, 6.45) is 0.283. The number of aromatic nitrogens is 3. The number of nitrogens with zero attached hydrogens (tertiary/aromatic N) is 4. The van der Waals surface area contributed by atoms with Crippen LogP contribution in [-0.2, 0) is 16.5 Å². The highest BCUT2D eigenvalue weighted by Crippen LogP contribution is 2.46. The first-order valence-electron chi connectivity index (χ1n) is 12.8. The number of likely N-dealkylation sites (tertiary alicyclic amines) is 1. The third-order valence-electron chi connectivity index (χ3n) is 7.50. The zero-order valence-corrected chi connectivity index (χ0v) is 22.1. The minimum atomic E-state index is -4.50. The van der Waals surface area contributed by atoms with Crippen molar-refractivity contribution in [1.29, 1.82) is 0 Å². The van der Waals surface area contributed by atoms with Gasteiger partial charge in [0.2, 0.25) is 5.91 Å². The summed E-state index contributed by atoms with van der Waals surface area (Å²) in [6.45, 7) is 5.04. The van der Waals surface area contributed by atoms with Crippen molar-refractivity contribution in [2.45, 2.75) is 69.3 Å². The Labute approximate surface area is 222 Å². The van der Waals surface area contributed by atoms with Gasteiger partial charge in [-0.1, -0.05) is 13.8 Å². The molecule has 0 atom stereocenters. The van der Waals surface area contributed by atoms with Crippen molar-refractivity contribution in [3.05, 3.63) is 46.2 Å². The van der Waals surface area contributed by atoms with Gasteiger partial charge in [0.1, 0.15) is 11.6 Å². The number of amides is 1. The normalized spacial score (nSPS) is 23.0. The van der Waals surface area contributed by atoms with Crippen LogP contribution in [0.3, 0.4) is 0 Å². The summed E-state index contributed by atoms with van der Waals surface area (Å²) in [6, 6.07) is 3.32. The van der Waals surface area contributed by atoms with E-state index in [0.717, 1.165) is 37.8 Å². The molecule has 1 aromatic carbocycles. The van der Waals surface area contributed by atoms with Gasteiger partial charge in [-0.05, 0) is 43.9 Å². The van der Waals surface area contributed by atoms with E-state index in [0.29, 0.717) is 24.4 Å².